The number of nitrogens with zero attached hydrogens (tertiary/aromatic N) is 1. The molecule has 1 N–H and O–H groups in total. The predicted molar refractivity (Wildman–Crippen MR) is 79.4 cm³/mol. The summed E-state index contributed by atoms with van der Waals surface area (Å²) in [4.78, 5) is 4.20. The fraction of sp³-hybridized carbons (Fsp3) is 0.267. The molecule has 0 aliphatic carbocycles. The molecule has 0 fully saturated rings. The first-order valence-corrected chi connectivity index (χ1v) is 6.70. The lowest BCUT2D eigenvalue weighted by Gasteiger charge is -2.13. The molecule has 0 spiro atoms. The number of nitrogens with one attached hydrogen (secondary N) is 1. The quantitative estimate of drug-likeness (QED) is 0.863. The fourth-order valence-electron chi connectivity index (χ4n) is 1.56. The minimum Gasteiger partial charge on any atom is -0.491 e. The largest absolute Gasteiger partial charge is 0.491 e. The molecule has 3 nitrogen and oxygen atoms in total. The second-order valence-electron chi connectivity index (χ2n) is 4.35. The van der Waals surface area contributed by atoms with Gasteiger partial charge in [-0.3, -0.25) is 0 Å². The SMILES string of the molecule is CCC(C)Oc1cccc(Nc2ccc(Cl)cn2)c1. The summed E-state index contributed by atoms with van der Waals surface area (Å²) < 4.78 is 5.78. The number of hydrogen-bond acceptors (Lipinski definition) is 3. The summed E-state index contributed by atoms with van der Waals surface area (Å²) in [6, 6.07) is 11.5. The number of rotatable bonds is 5. The summed E-state index contributed by atoms with van der Waals surface area (Å²) in [5.41, 5.74) is 0.940. The number of benzene rings is 1. The Morgan fingerprint density at radius 1 is 1.32 bits per heavy atom. The van der Waals surface area contributed by atoms with Gasteiger partial charge in [-0.05, 0) is 37.6 Å². The number of anilines is 2. The van der Waals surface area contributed by atoms with Gasteiger partial charge in [0.05, 0.1) is 11.1 Å². The van der Waals surface area contributed by atoms with Crippen molar-refractivity contribution in [2.24, 2.45) is 0 Å². The predicted octanol–water partition coefficient (Wildman–Crippen LogP) is 4.66. The smallest absolute Gasteiger partial charge is 0.130 e. The highest BCUT2D eigenvalue weighted by molar-refractivity contribution is 6.30. The van der Waals surface area contributed by atoms with E-state index in [-0.39, 0.29) is 6.10 Å². The lowest BCUT2D eigenvalue weighted by molar-refractivity contribution is 0.217. The van der Waals surface area contributed by atoms with Gasteiger partial charge in [-0.2, -0.15) is 0 Å². The molecule has 2 rings (SSSR count). The molecule has 0 radical (unpaired) electrons. The second kappa shape index (κ2) is 6.43. The van der Waals surface area contributed by atoms with Crippen LogP contribution < -0.4 is 10.1 Å². The highest BCUT2D eigenvalue weighted by Gasteiger charge is 2.02. The first kappa shape index (κ1) is 13.7. The van der Waals surface area contributed by atoms with Gasteiger partial charge in [0.2, 0.25) is 0 Å². The third kappa shape index (κ3) is 4.14. The Morgan fingerprint density at radius 2 is 2.16 bits per heavy atom. The van der Waals surface area contributed by atoms with Gasteiger partial charge in [-0.15, -0.1) is 0 Å². The van der Waals surface area contributed by atoms with E-state index in [1.54, 1.807) is 12.3 Å². The van der Waals surface area contributed by atoms with Crippen LogP contribution >= 0.6 is 11.6 Å². The molecule has 0 aliphatic heterocycles. The minimum atomic E-state index is 0.212. The van der Waals surface area contributed by atoms with Crippen molar-refractivity contribution in [3.05, 3.63) is 47.6 Å². The third-order valence-corrected chi connectivity index (χ3v) is 2.97. The number of pyridine rings is 1. The average molecular weight is 277 g/mol. The van der Waals surface area contributed by atoms with Gasteiger partial charge in [-0.1, -0.05) is 24.6 Å². The molecule has 1 aromatic carbocycles. The monoisotopic (exact) mass is 276 g/mol. The highest BCUT2D eigenvalue weighted by atomic mass is 35.5. The Kier molecular flexibility index (Phi) is 4.63. The van der Waals surface area contributed by atoms with Gasteiger partial charge in [0.15, 0.2) is 0 Å². The van der Waals surface area contributed by atoms with Crippen LogP contribution in [0.5, 0.6) is 5.75 Å². The molecule has 0 aliphatic rings. The summed E-state index contributed by atoms with van der Waals surface area (Å²) in [5, 5.41) is 3.84. The van der Waals surface area contributed by atoms with Crippen molar-refractivity contribution in [1.82, 2.24) is 4.98 Å². The van der Waals surface area contributed by atoms with E-state index in [1.165, 1.54) is 0 Å². The van der Waals surface area contributed by atoms with Crippen LogP contribution in [0.4, 0.5) is 11.5 Å². The maximum atomic E-state index is 5.80. The van der Waals surface area contributed by atoms with Crippen molar-refractivity contribution >= 4 is 23.1 Å². The van der Waals surface area contributed by atoms with Crippen molar-refractivity contribution < 1.29 is 4.74 Å². The summed E-state index contributed by atoms with van der Waals surface area (Å²) in [7, 11) is 0. The standard InChI is InChI=1S/C15H17ClN2O/c1-3-11(2)19-14-6-4-5-13(9-14)18-15-8-7-12(16)10-17-15/h4-11H,3H2,1-2H3,(H,17,18). The van der Waals surface area contributed by atoms with Crippen LogP contribution in [0, 0.1) is 0 Å². The molecule has 0 amide bonds. The Labute approximate surface area is 118 Å². The van der Waals surface area contributed by atoms with Crippen LogP contribution in [0.1, 0.15) is 20.3 Å². The normalized spacial score (nSPS) is 11.9. The van der Waals surface area contributed by atoms with Gasteiger partial charge in [-0.25, -0.2) is 4.98 Å². The number of hydrogen-bond donors (Lipinski definition) is 1. The van der Waals surface area contributed by atoms with Crippen LogP contribution in [0.3, 0.4) is 0 Å². The van der Waals surface area contributed by atoms with Gasteiger partial charge in [0, 0.05) is 18.0 Å². The Balaban J connectivity index is 2.08. The van der Waals surface area contributed by atoms with Crippen LogP contribution in [0.25, 0.3) is 0 Å². The van der Waals surface area contributed by atoms with Gasteiger partial charge in [0.1, 0.15) is 11.6 Å². The van der Waals surface area contributed by atoms with Gasteiger partial charge in [0.25, 0.3) is 0 Å². The summed E-state index contributed by atoms with van der Waals surface area (Å²) in [6.45, 7) is 4.16. The first-order valence-electron chi connectivity index (χ1n) is 6.32. The topological polar surface area (TPSA) is 34.1 Å². The molecule has 0 bridgehead atoms. The molecule has 1 heterocycles. The first-order chi connectivity index (χ1) is 9.17. The minimum absolute atomic E-state index is 0.212. The Hall–Kier alpha value is -1.74. The van der Waals surface area contributed by atoms with Crippen LogP contribution in [0.15, 0.2) is 42.6 Å². The molecule has 1 aromatic heterocycles. The van der Waals surface area contributed by atoms with E-state index >= 15 is 0 Å². The lowest BCUT2D eigenvalue weighted by Crippen LogP contribution is -2.09. The zero-order valence-electron chi connectivity index (χ0n) is 11.1. The van der Waals surface area contributed by atoms with E-state index in [1.807, 2.05) is 30.3 Å². The molecule has 100 valence electrons. The van der Waals surface area contributed by atoms with Crippen molar-refractivity contribution in [3.63, 3.8) is 0 Å². The van der Waals surface area contributed by atoms with E-state index < -0.39 is 0 Å². The number of aromatic nitrogens is 1. The molecule has 4 heteroatoms. The lowest BCUT2D eigenvalue weighted by atomic mass is 10.2. The van der Waals surface area contributed by atoms with Crippen molar-refractivity contribution in [3.8, 4) is 5.75 Å². The van der Waals surface area contributed by atoms with Gasteiger partial charge < -0.3 is 10.1 Å². The molecule has 2 aromatic rings. The van der Waals surface area contributed by atoms with Crippen molar-refractivity contribution in [2.75, 3.05) is 5.32 Å². The number of halogens is 1. The van der Waals surface area contributed by atoms with Crippen molar-refractivity contribution in [1.29, 1.82) is 0 Å². The summed E-state index contributed by atoms with van der Waals surface area (Å²) in [6.07, 6.45) is 2.81. The maximum Gasteiger partial charge on any atom is 0.130 e. The molecule has 19 heavy (non-hydrogen) atoms. The van der Waals surface area contributed by atoms with Gasteiger partial charge >= 0.3 is 0 Å². The zero-order chi connectivity index (χ0) is 13.7. The maximum absolute atomic E-state index is 5.80. The third-order valence-electron chi connectivity index (χ3n) is 2.75. The molecule has 0 saturated carbocycles. The second-order valence-corrected chi connectivity index (χ2v) is 4.79. The zero-order valence-corrected chi connectivity index (χ0v) is 11.8. The van der Waals surface area contributed by atoms with E-state index in [0.29, 0.717) is 5.02 Å². The molecule has 1 atom stereocenters. The average Bonchev–Trinajstić information content (AvgIpc) is 2.42. The van der Waals surface area contributed by atoms with Crippen molar-refractivity contribution in [2.45, 2.75) is 26.4 Å². The van der Waals surface area contributed by atoms with E-state index in [0.717, 1.165) is 23.7 Å². The molecular formula is C15H17ClN2O. The van der Waals surface area contributed by atoms with Crippen LogP contribution in [-0.4, -0.2) is 11.1 Å². The van der Waals surface area contributed by atoms with E-state index in [2.05, 4.69) is 24.1 Å². The Bertz CT molecular complexity index is 528. The molecule has 1 unspecified atom stereocenters. The highest BCUT2D eigenvalue weighted by Crippen LogP contribution is 2.22. The summed E-state index contributed by atoms with van der Waals surface area (Å²) >= 11 is 5.80. The number of ether oxygens (including phenoxy) is 1. The van der Waals surface area contributed by atoms with E-state index in [9.17, 15) is 0 Å². The summed E-state index contributed by atoms with van der Waals surface area (Å²) in [5.74, 6) is 1.61. The molecular weight excluding hydrogens is 260 g/mol. The molecule has 0 saturated heterocycles. The van der Waals surface area contributed by atoms with E-state index in [4.69, 9.17) is 16.3 Å². The fourth-order valence-corrected chi connectivity index (χ4v) is 1.67. The Morgan fingerprint density at radius 3 is 2.84 bits per heavy atom. The van der Waals surface area contributed by atoms with Crippen LogP contribution in [-0.2, 0) is 0 Å². The van der Waals surface area contributed by atoms with Crippen LogP contribution in [0.2, 0.25) is 5.02 Å².